The van der Waals surface area contributed by atoms with Gasteiger partial charge in [-0.05, 0) is 26.0 Å². The van der Waals surface area contributed by atoms with Crippen molar-refractivity contribution in [1.29, 1.82) is 0 Å². The summed E-state index contributed by atoms with van der Waals surface area (Å²) in [6, 6.07) is 5.44. The number of hydrogen-bond acceptors (Lipinski definition) is 6. The van der Waals surface area contributed by atoms with Crippen molar-refractivity contribution in [3.63, 3.8) is 0 Å². The zero-order valence-corrected chi connectivity index (χ0v) is 15.2. The minimum absolute atomic E-state index is 0. The summed E-state index contributed by atoms with van der Waals surface area (Å²) in [5.74, 6) is 1.17. The van der Waals surface area contributed by atoms with Crippen LogP contribution < -0.4 is 15.2 Å². The molecule has 1 aliphatic heterocycles. The number of carbonyl (C=O) groups excluding carboxylic acids is 1. The van der Waals surface area contributed by atoms with Crippen molar-refractivity contribution >= 4 is 18.3 Å². The first-order valence-corrected chi connectivity index (χ1v) is 7.82. The van der Waals surface area contributed by atoms with Crippen LogP contribution >= 0.6 is 12.4 Å². The van der Waals surface area contributed by atoms with Crippen LogP contribution in [0.3, 0.4) is 0 Å². The highest BCUT2D eigenvalue weighted by Crippen LogP contribution is 2.32. The van der Waals surface area contributed by atoms with E-state index in [9.17, 15) is 4.79 Å². The first-order valence-electron chi connectivity index (χ1n) is 7.82. The number of ether oxygens (including phenoxy) is 2. The summed E-state index contributed by atoms with van der Waals surface area (Å²) in [6.45, 7) is 5.14. The number of rotatable bonds is 4. The van der Waals surface area contributed by atoms with E-state index in [0.29, 0.717) is 42.6 Å². The normalized spacial score (nSPS) is 13.8. The lowest BCUT2D eigenvalue weighted by Gasteiger charge is -2.22. The minimum atomic E-state index is -0.200. The molecule has 9 heteroatoms. The number of likely N-dealkylation sites (N-methyl/N-ethyl adjacent to an activating group) is 1. The molecule has 0 aliphatic carbocycles. The zero-order valence-electron chi connectivity index (χ0n) is 14.4. The van der Waals surface area contributed by atoms with Crippen molar-refractivity contribution in [2.45, 2.75) is 19.9 Å². The van der Waals surface area contributed by atoms with Gasteiger partial charge in [0.2, 0.25) is 0 Å². The Hall–Kier alpha value is -2.32. The van der Waals surface area contributed by atoms with Gasteiger partial charge in [0.1, 0.15) is 13.2 Å². The largest absolute Gasteiger partial charge is 0.486 e. The lowest BCUT2D eigenvalue weighted by atomic mass is 10.2. The molecule has 2 heterocycles. The van der Waals surface area contributed by atoms with Crippen molar-refractivity contribution in [1.82, 2.24) is 19.9 Å². The van der Waals surface area contributed by atoms with Crippen LogP contribution in [-0.4, -0.2) is 58.6 Å². The molecule has 1 amide bonds. The highest BCUT2D eigenvalue weighted by atomic mass is 35.5. The average molecular weight is 368 g/mol. The molecule has 1 aromatic heterocycles. The Labute approximate surface area is 152 Å². The maximum atomic E-state index is 12.6. The number of fused-ring (bicyclic) bond motifs is 1. The summed E-state index contributed by atoms with van der Waals surface area (Å²) in [5.41, 5.74) is 7.36. The maximum Gasteiger partial charge on any atom is 0.276 e. The van der Waals surface area contributed by atoms with E-state index >= 15 is 0 Å². The molecule has 0 spiro atoms. The van der Waals surface area contributed by atoms with Crippen LogP contribution in [0.15, 0.2) is 18.2 Å². The van der Waals surface area contributed by atoms with E-state index in [1.165, 1.54) is 0 Å². The predicted octanol–water partition coefficient (Wildman–Crippen LogP) is 1.19. The van der Waals surface area contributed by atoms with Crippen LogP contribution in [0.4, 0.5) is 0 Å². The molecule has 1 aromatic carbocycles. The Balaban J connectivity index is 0.00000225. The SMILES string of the molecule is Cc1c(C(=O)N(C)C(C)CN)nnn1-c1ccc2c(c1)OCCO2.Cl. The predicted molar refractivity (Wildman–Crippen MR) is 94.9 cm³/mol. The van der Waals surface area contributed by atoms with Crippen LogP contribution in [0.5, 0.6) is 11.5 Å². The number of carbonyl (C=O) groups is 1. The minimum Gasteiger partial charge on any atom is -0.486 e. The molecule has 8 nitrogen and oxygen atoms in total. The van der Waals surface area contributed by atoms with Gasteiger partial charge in [0.05, 0.1) is 11.4 Å². The quantitative estimate of drug-likeness (QED) is 0.872. The number of amides is 1. The van der Waals surface area contributed by atoms with Crippen LogP contribution in [-0.2, 0) is 0 Å². The summed E-state index contributed by atoms with van der Waals surface area (Å²) in [4.78, 5) is 14.1. The fourth-order valence-electron chi connectivity index (χ4n) is 2.46. The Morgan fingerprint density at radius 2 is 2.04 bits per heavy atom. The fraction of sp³-hybridized carbons (Fsp3) is 0.438. The second-order valence-corrected chi connectivity index (χ2v) is 5.76. The van der Waals surface area contributed by atoms with E-state index in [1.54, 1.807) is 16.6 Å². The average Bonchev–Trinajstić information content (AvgIpc) is 3.00. The molecule has 25 heavy (non-hydrogen) atoms. The standard InChI is InChI=1S/C16H21N5O3.ClH/c1-10(9-17)20(3)16(22)15-11(2)21(19-18-15)12-4-5-13-14(8-12)24-7-6-23-13;/h4-5,8,10H,6-7,9,17H2,1-3H3;1H. The first kappa shape index (κ1) is 19.0. The summed E-state index contributed by atoms with van der Waals surface area (Å²) in [5, 5.41) is 8.17. The van der Waals surface area contributed by atoms with Crippen molar-refractivity contribution < 1.29 is 14.3 Å². The topological polar surface area (TPSA) is 95.5 Å². The molecule has 0 saturated carbocycles. The monoisotopic (exact) mass is 367 g/mol. The molecule has 1 atom stereocenters. The molecule has 0 radical (unpaired) electrons. The van der Waals surface area contributed by atoms with E-state index in [4.69, 9.17) is 15.2 Å². The van der Waals surface area contributed by atoms with E-state index < -0.39 is 0 Å². The van der Waals surface area contributed by atoms with Crippen LogP contribution in [0.1, 0.15) is 23.1 Å². The van der Waals surface area contributed by atoms with Gasteiger partial charge in [-0.15, -0.1) is 17.5 Å². The van der Waals surface area contributed by atoms with Gasteiger partial charge in [0.25, 0.3) is 5.91 Å². The molecule has 0 fully saturated rings. The number of nitrogens with zero attached hydrogens (tertiary/aromatic N) is 4. The van der Waals surface area contributed by atoms with Gasteiger partial charge in [-0.25, -0.2) is 4.68 Å². The molecule has 2 aromatic rings. The molecule has 0 bridgehead atoms. The zero-order chi connectivity index (χ0) is 17.3. The van der Waals surface area contributed by atoms with Crippen molar-refractivity contribution in [3.8, 4) is 17.2 Å². The number of hydrogen-bond donors (Lipinski definition) is 1. The molecule has 0 saturated heterocycles. The highest BCUT2D eigenvalue weighted by molar-refractivity contribution is 5.93. The smallest absolute Gasteiger partial charge is 0.276 e. The van der Waals surface area contributed by atoms with E-state index in [2.05, 4.69) is 10.3 Å². The van der Waals surface area contributed by atoms with Gasteiger partial charge in [0.15, 0.2) is 17.2 Å². The Kier molecular flexibility index (Phi) is 5.86. The van der Waals surface area contributed by atoms with Crippen LogP contribution in [0.2, 0.25) is 0 Å². The fourth-order valence-corrected chi connectivity index (χ4v) is 2.46. The third kappa shape index (κ3) is 3.54. The van der Waals surface area contributed by atoms with Gasteiger partial charge in [-0.3, -0.25) is 4.79 Å². The number of benzene rings is 1. The molecule has 3 rings (SSSR count). The van der Waals surface area contributed by atoms with Gasteiger partial charge in [-0.1, -0.05) is 5.21 Å². The number of nitrogens with two attached hydrogens (primary N) is 1. The highest BCUT2D eigenvalue weighted by Gasteiger charge is 2.24. The second kappa shape index (κ2) is 7.71. The Morgan fingerprint density at radius 1 is 1.36 bits per heavy atom. The lowest BCUT2D eigenvalue weighted by Crippen LogP contribution is -2.40. The number of halogens is 1. The second-order valence-electron chi connectivity index (χ2n) is 5.76. The van der Waals surface area contributed by atoms with Crippen LogP contribution in [0, 0.1) is 6.92 Å². The van der Waals surface area contributed by atoms with Gasteiger partial charge >= 0.3 is 0 Å². The Morgan fingerprint density at radius 3 is 2.72 bits per heavy atom. The molecule has 136 valence electrons. The Bertz CT molecular complexity index is 764. The lowest BCUT2D eigenvalue weighted by molar-refractivity contribution is 0.0741. The molecule has 1 unspecified atom stereocenters. The van der Waals surface area contributed by atoms with Crippen LogP contribution in [0.25, 0.3) is 5.69 Å². The third-order valence-corrected chi connectivity index (χ3v) is 4.19. The summed E-state index contributed by atoms with van der Waals surface area (Å²) < 4.78 is 12.7. The summed E-state index contributed by atoms with van der Waals surface area (Å²) >= 11 is 0. The van der Waals surface area contributed by atoms with Crippen molar-refractivity contribution in [2.24, 2.45) is 5.73 Å². The third-order valence-electron chi connectivity index (χ3n) is 4.19. The van der Waals surface area contributed by atoms with Gasteiger partial charge < -0.3 is 20.1 Å². The van der Waals surface area contributed by atoms with Crippen molar-refractivity contribution in [3.05, 3.63) is 29.6 Å². The van der Waals surface area contributed by atoms with E-state index in [-0.39, 0.29) is 24.4 Å². The molecular formula is C16H22ClN5O3. The molecule has 1 aliphatic rings. The maximum absolute atomic E-state index is 12.6. The summed E-state index contributed by atoms with van der Waals surface area (Å²) in [7, 11) is 1.71. The first-order chi connectivity index (χ1) is 11.5. The van der Waals surface area contributed by atoms with E-state index in [1.807, 2.05) is 32.0 Å². The number of aromatic nitrogens is 3. The molecule has 2 N–H and O–H groups in total. The molecular weight excluding hydrogens is 346 g/mol. The van der Waals surface area contributed by atoms with Gasteiger partial charge in [-0.2, -0.15) is 0 Å². The summed E-state index contributed by atoms with van der Waals surface area (Å²) in [6.07, 6.45) is 0. The van der Waals surface area contributed by atoms with Gasteiger partial charge in [0, 0.05) is 25.7 Å². The van der Waals surface area contributed by atoms with Crippen molar-refractivity contribution in [2.75, 3.05) is 26.8 Å². The van der Waals surface area contributed by atoms with E-state index in [0.717, 1.165) is 5.69 Å².